The second-order valence-corrected chi connectivity index (χ2v) is 4.43. The van der Waals surface area contributed by atoms with E-state index in [1.54, 1.807) is 7.11 Å². The third-order valence-electron chi connectivity index (χ3n) is 2.80. The van der Waals surface area contributed by atoms with Gasteiger partial charge in [-0.05, 0) is 17.7 Å². The summed E-state index contributed by atoms with van der Waals surface area (Å²) in [5.41, 5.74) is 0.929. The number of rotatable bonds is 8. The molecular weight excluding hydrogens is 286 g/mol. The zero-order valence-electron chi connectivity index (χ0n) is 12.2. The van der Waals surface area contributed by atoms with Crippen LogP contribution in [-0.2, 0) is 11.3 Å². The molecule has 0 aliphatic rings. The van der Waals surface area contributed by atoms with Gasteiger partial charge in [0.15, 0.2) is 5.69 Å². The number of ether oxygens (including phenoxy) is 2. The van der Waals surface area contributed by atoms with Crippen LogP contribution in [0.1, 0.15) is 16.1 Å². The SMILES string of the molecule is COCCOc1cccc(CNc2cnc(C(=O)O)cn2)c1. The quantitative estimate of drug-likeness (QED) is 0.718. The van der Waals surface area contributed by atoms with Gasteiger partial charge in [-0.25, -0.2) is 14.8 Å². The first-order valence-electron chi connectivity index (χ1n) is 6.69. The highest BCUT2D eigenvalue weighted by Gasteiger charge is 2.04. The van der Waals surface area contributed by atoms with Gasteiger partial charge >= 0.3 is 5.97 Å². The van der Waals surface area contributed by atoms with E-state index in [0.717, 1.165) is 11.3 Å². The maximum absolute atomic E-state index is 10.7. The van der Waals surface area contributed by atoms with Crippen LogP contribution >= 0.6 is 0 Å². The van der Waals surface area contributed by atoms with Crippen LogP contribution in [0.25, 0.3) is 0 Å². The lowest BCUT2D eigenvalue weighted by atomic mass is 10.2. The maximum Gasteiger partial charge on any atom is 0.356 e. The summed E-state index contributed by atoms with van der Waals surface area (Å²) in [6.45, 7) is 1.56. The van der Waals surface area contributed by atoms with Gasteiger partial charge in [0.05, 0.1) is 19.0 Å². The van der Waals surface area contributed by atoms with Crippen molar-refractivity contribution in [2.75, 3.05) is 25.6 Å². The summed E-state index contributed by atoms with van der Waals surface area (Å²) >= 11 is 0. The van der Waals surface area contributed by atoms with E-state index in [2.05, 4.69) is 15.3 Å². The van der Waals surface area contributed by atoms with Crippen molar-refractivity contribution >= 4 is 11.8 Å². The van der Waals surface area contributed by atoms with Crippen LogP contribution in [0.2, 0.25) is 0 Å². The Bertz CT molecular complexity index is 616. The molecule has 7 heteroatoms. The van der Waals surface area contributed by atoms with Crippen molar-refractivity contribution in [1.29, 1.82) is 0 Å². The Morgan fingerprint density at radius 1 is 1.27 bits per heavy atom. The fraction of sp³-hybridized carbons (Fsp3) is 0.267. The smallest absolute Gasteiger partial charge is 0.356 e. The van der Waals surface area contributed by atoms with E-state index in [0.29, 0.717) is 25.6 Å². The van der Waals surface area contributed by atoms with E-state index in [1.807, 2.05) is 24.3 Å². The fourth-order valence-electron chi connectivity index (χ4n) is 1.71. The van der Waals surface area contributed by atoms with Gasteiger partial charge in [-0.3, -0.25) is 0 Å². The van der Waals surface area contributed by atoms with Crippen molar-refractivity contribution in [2.24, 2.45) is 0 Å². The van der Waals surface area contributed by atoms with Crippen LogP contribution in [0.3, 0.4) is 0 Å². The number of anilines is 1. The molecule has 0 saturated carbocycles. The molecule has 22 heavy (non-hydrogen) atoms. The Hall–Kier alpha value is -2.67. The monoisotopic (exact) mass is 303 g/mol. The van der Waals surface area contributed by atoms with Gasteiger partial charge in [0.1, 0.15) is 18.2 Å². The zero-order valence-corrected chi connectivity index (χ0v) is 12.2. The number of aromatic carboxylic acids is 1. The molecule has 0 saturated heterocycles. The van der Waals surface area contributed by atoms with Gasteiger partial charge in [-0.1, -0.05) is 12.1 Å². The number of carbonyl (C=O) groups is 1. The minimum atomic E-state index is -1.10. The van der Waals surface area contributed by atoms with Gasteiger partial charge in [-0.15, -0.1) is 0 Å². The number of benzene rings is 1. The zero-order chi connectivity index (χ0) is 15.8. The van der Waals surface area contributed by atoms with Crippen molar-refractivity contribution in [3.63, 3.8) is 0 Å². The molecule has 0 fully saturated rings. The Kier molecular flexibility index (Phi) is 5.67. The van der Waals surface area contributed by atoms with Crippen LogP contribution in [0.5, 0.6) is 5.75 Å². The molecule has 7 nitrogen and oxygen atoms in total. The summed E-state index contributed by atoms with van der Waals surface area (Å²) in [6, 6.07) is 7.65. The van der Waals surface area contributed by atoms with Crippen LogP contribution in [-0.4, -0.2) is 41.4 Å². The van der Waals surface area contributed by atoms with Crippen molar-refractivity contribution in [3.05, 3.63) is 47.9 Å². The number of nitrogens with one attached hydrogen (secondary N) is 1. The minimum absolute atomic E-state index is 0.0842. The number of carboxylic acid groups (broad SMARTS) is 1. The van der Waals surface area contributed by atoms with Crippen molar-refractivity contribution < 1.29 is 19.4 Å². The summed E-state index contributed by atoms with van der Waals surface area (Å²) in [4.78, 5) is 18.5. The molecule has 0 radical (unpaired) electrons. The molecule has 1 aromatic carbocycles. The van der Waals surface area contributed by atoms with Crippen LogP contribution in [0.4, 0.5) is 5.82 Å². The third kappa shape index (κ3) is 4.71. The second kappa shape index (κ2) is 7.94. The standard InChI is InChI=1S/C15H17N3O4/c1-21-5-6-22-12-4-2-3-11(7-12)8-17-14-10-16-13(9-18-14)15(19)20/h2-4,7,9-10H,5-6,8H2,1H3,(H,17,18)(H,19,20). The van der Waals surface area contributed by atoms with E-state index in [4.69, 9.17) is 14.6 Å². The molecule has 0 atom stereocenters. The Balaban J connectivity index is 1.90. The first-order chi connectivity index (χ1) is 10.7. The van der Waals surface area contributed by atoms with Crippen molar-refractivity contribution in [2.45, 2.75) is 6.54 Å². The fourth-order valence-corrected chi connectivity index (χ4v) is 1.71. The van der Waals surface area contributed by atoms with Crippen molar-refractivity contribution in [3.8, 4) is 5.75 Å². The van der Waals surface area contributed by atoms with Crippen LogP contribution in [0, 0.1) is 0 Å². The highest BCUT2D eigenvalue weighted by atomic mass is 16.5. The molecule has 2 aromatic rings. The largest absolute Gasteiger partial charge is 0.491 e. The first kappa shape index (κ1) is 15.7. The van der Waals surface area contributed by atoms with Gasteiger partial charge < -0.3 is 19.9 Å². The molecule has 0 unspecified atom stereocenters. The molecule has 2 rings (SSSR count). The molecule has 2 N–H and O–H groups in total. The lowest BCUT2D eigenvalue weighted by molar-refractivity contribution is 0.0690. The number of aromatic nitrogens is 2. The van der Waals surface area contributed by atoms with Crippen LogP contribution in [0.15, 0.2) is 36.7 Å². The molecule has 116 valence electrons. The normalized spacial score (nSPS) is 10.2. The van der Waals surface area contributed by atoms with E-state index < -0.39 is 5.97 Å². The van der Waals surface area contributed by atoms with Gasteiger partial charge in [-0.2, -0.15) is 0 Å². The van der Waals surface area contributed by atoms with E-state index >= 15 is 0 Å². The molecule has 0 spiro atoms. The molecular formula is C15H17N3O4. The number of methoxy groups -OCH3 is 1. The number of hydrogen-bond donors (Lipinski definition) is 2. The van der Waals surface area contributed by atoms with Crippen molar-refractivity contribution in [1.82, 2.24) is 9.97 Å². The first-order valence-corrected chi connectivity index (χ1v) is 6.69. The molecule has 0 aliphatic heterocycles. The maximum atomic E-state index is 10.7. The lowest BCUT2D eigenvalue weighted by Crippen LogP contribution is -2.06. The summed E-state index contributed by atoms with van der Waals surface area (Å²) in [5.74, 6) is 0.180. The average Bonchev–Trinajstić information content (AvgIpc) is 2.54. The number of carboxylic acids is 1. The third-order valence-corrected chi connectivity index (χ3v) is 2.80. The number of hydrogen-bond acceptors (Lipinski definition) is 6. The predicted molar refractivity (Wildman–Crippen MR) is 80.1 cm³/mol. The van der Waals surface area contributed by atoms with E-state index in [1.165, 1.54) is 12.4 Å². The highest BCUT2D eigenvalue weighted by Crippen LogP contribution is 2.14. The number of nitrogens with zero attached hydrogens (tertiary/aromatic N) is 2. The van der Waals surface area contributed by atoms with Gasteiger partial charge in [0, 0.05) is 13.7 Å². The predicted octanol–water partition coefficient (Wildman–Crippen LogP) is 1.81. The topological polar surface area (TPSA) is 93.6 Å². The summed E-state index contributed by atoms with van der Waals surface area (Å²) < 4.78 is 10.5. The highest BCUT2D eigenvalue weighted by molar-refractivity contribution is 5.84. The Morgan fingerprint density at radius 3 is 2.82 bits per heavy atom. The van der Waals surface area contributed by atoms with E-state index in [9.17, 15) is 4.79 Å². The van der Waals surface area contributed by atoms with E-state index in [-0.39, 0.29) is 5.69 Å². The van der Waals surface area contributed by atoms with Crippen LogP contribution < -0.4 is 10.1 Å². The van der Waals surface area contributed by atoms with Gasteiger partial charge in [0.2, 0.25) is 0 Å². The molecule has 1 heterocycles. The molecule has 0 aliphatic carbocycles. The Labute approximate surface area is 127 Å². The summed E-state index contributed by atoms with van der Waals surface area (Å²) in [6.07, 6.45) is 2.61. The Morgan fingerprint density at radius 2 is 2.14 bits per heavy atom. The van der Waals surface area contributed by atoms with Gasteiger partial charge in [0.25, 0.3) is 0 Å². The molecule has 0 bridgehead atoms. The lowest BCUT2D eigenvalue weighted by Gasteiger charge is -2.09. The minimum Gasteiger partial charge on any atom is -0.491 e. The summed E-state index contributed by atoms with van der Waals surface area (Å²) in [7, 11) is 1.63. The summed E-state index contributed by atoms with van der Waals surface area (Å²) in [5, 5.41) is 11.8. The molecule has 1 aromatic heterocycles. The second-order valence-electron chi connectivity index (χ2n) is 4.43. The molecule has 0 amide bonds. The average molecular weight is 303 g/mol.